The van der Waals surface area contributed by atoms with Crippen molar-refractivity contribution in [3.63, 3.8) is 0 Å². The summed E-state index contributed by atoms with van der Waals surface area (Å²) in [6, 6.07) is 5.25. The number of carbonyl (C=O) groups excluding carboxylic acids is 1. The number of halogens is 1. The fourth-order valence-corrected chi connectivity index (χ4v) is 4.77. The molecule has 28 heavy (non-hydrogen) atoms. The van der Waals surface area contributed by atoms with E-state index in [1.807, 2.05) is 22.6 Å². The Kier molecular flexibility index (Phi) is 5.50. The van der Waals surface area contributed by atoms with Crippen LogP contribution in [-0.4, -0.2) is 46.2 Å². The van der Waals surface area contributed by atoms with Gasteiger partial charge in [0.25, 0.3) is 0 Å². The summed E-state index contributed by atoms with van der Waals surface area (Å²) < 4.78 is 21.5. The van der Waals surface area contributed by atoms with E-state index in [1.54, 1.807) is 19.1 Å². The van der Waals surface area contributed by atoms with Crippen LogP contribution in [0.2, 0.25) is 0 Å². The molecule has 5 nitrogen and oxygen atoms in total. The maximum Gasteiger partial charge on any atom is 0.235 e. The Morgan fingerprint density at radius 1 is 1.29 bits per heavy atom. The molecule has 1 amide bonds. The number of amides is 1. The standard InChI is InChI=1S/C20H20FN3O2S2/c1-12(25)24-7-5-13(6-8-24)26-20-19-18(22-11-23-20)16(10-28-19)15-4-3-14(27-2)9-17(15)21/h3-4,9-11,13H,5-8H2,1-2H3. The van der Waals surface area contributed by atoms with E-state index in [1.165, 1.54) is 29.4 Å². The summed E-state index contributed by atoms with van der Waals surface area (Å²) in [4.78, 5) is 22.9. The van der Waals surface area contributed by atoms with E-state index in [2.05, 4.69) is 9.97 Å². The van der Waals surface area contributed by atoms with Gasteiger partial charge in [-0.25, -0.2) is 14.4 Å². The minimum Gasteiger partial charge on any atom is -0.473 e. The van der Waals surface area contributed by atoms with Gasteiger partial charge in [-0.1, -0.05) is 6.07 Å². The summed E-state index contributed by atoms with van der Waals surface area (Å²) in [5, 5.41) is 1.90. The number of hydrogen-bond donors (Lipinski definition) is 0. The highest BCUT2D eigenvalue weighted by Gasteiger charge is 2.24. The number of fused-ring (bicyclic) bond motifs is 1. The number of hydrogen-bond acceptors (Lipinski definition) is 6. The van der Waals surface area contributed by atoms with Gasteiger partial charge in [-0.2, -0.15) is 0 Å². The number of nitrogens with zero attached hydrogens (tertiary/aromatic N) is 3. The van der Waals surface area contributed by atoms with Crippen LogP contribution < -0.4 is 4.74 Å². The lowest BCUT2D eigenvalue weighted by Gasteiger charge is -2.31. The van der Waals surface area contributed by atoms with Crippen molar-refractivity contribution in [2.45, 2.75) is 30.8 Å². The van der Waals surface area contributed by atoms with Gasteiger partial charge >= 0.3 is 0 Å². The van der Waals surface area contributed by atoms with Crippen molar-refractivity contribution < 1.29 is 13.9 Å². The van der Waals surface area contributed by atoms with Gasteiger partial charge in [-0.3, -0.25) is 4.79 Å². The van der Waals surface area contributed by atoms with Crippen LogP contribution in [0.4, 0.5) is 4.39 Å². The van der Waals surface area contributed by atoms with Crippen LogP contribution in [0.5, 0.6) is 5.88 Å². The molecule has 4 rings (SSSR count). The molecular formula is C20H20FN3O2S2. The predicted molar refractivity (Wildman–Crippen MR) is 110 cm³/mol. The highest BCUT2D eigenvalue weighted by molar-refractivity contribution is 7.98. The number of piperidine rings is 1. The van der Waals surface area contributed by atoms with Crippen LogP contribution in [0.1, 0.15) is 19.8 Å². The molecule has 3 heterocycles. The summed E-state index contributed by atoms with van der Waals surface area (Å²) in [5.74, 6) is 0.369. The van der Waals surface area contributed by atoms with Crippen molar-refractivity contribution in [3.05, 3.63) is 35.7 Å². The molecule has 0 N–H and O–H groups in total. The van der Waals surface area contributed by atoms with Gasteiger partial charge in [0.1, 0.15) is 22.9 Å². The zero-order chi connectivity index (χ0) is 19.7. The molecule has 1 saturated heterocycles. The second-order valence-corrected chi connectivity index (χ2v) is 8.43. The van der Waals surface area contributed by atoms with Crippen molar-refractivity contribution in [2.24, 2.45) is 0 Å². The number of rotatable bonds is 4. The first-order valence-corrected chi connectivity index (χ1v) is 11.2. The van der Waals surface area contributed by atoms with Crippen molar-refractivity contribution in [2.75, 3.05) is 19.3 Å². The van der Waals surface area contributed by atoms with Crippen molar-refractivity contribution in [3.8, 4) is 17.0 Å². The van der Waals surface area contributed by atoms with Gasteiger partial charge in [0.15, 0.2) is 0 Å². The summed E-state index contributed by atoms with van der Waals surface area (Å²) in [6.07, 6.45) is 4.94. The molecule has 1 fully saturated rings. The first-order valence-electron chi connectivity index (χ1n) is 9.05. The second-order valence-electron chi connectivity index (χ2n) is 6.67. The van der Waals surface area contributed by atoms with E-state index in [9.17, 15) is 9.18 Å². The maximum atomic E-state index is 14.6. The van der Waals surface area contributed by atoms with E-state index < -0.39 is 0 Å². The fraction of sp³-hybridized carbons (Fsp3) is 0.350. The lowest BCUT2D eigenvalue weighted by molar-refractivity contribution is -0.130. The maximum absolute atomic E-state index is 14.6. The summed E-state index contributed by atoms with van der Waals surface area (Å²) in [7, 11) is 0. The predicted octanol–water partition coefficient (Wildman–Crippen LogP) is 4.61. The Morgan fingerprint density at radius 3 is 2.75 bits per heavy atom. The minimum absolute atomic E-state index is 0.0110. The van der Waals surface area contributed by atoms with E-state index in [-0.39, 0.29) is 17.8 Å². The van der Waals surface area contributed by atoms with Crippen LogP contribution in [0, 0.1) is 5.82 Å². The molecule has 0 unspecified atom stereocenters. The van der Waals surface area contributed by atoms with Crippen LogP contribution >= 0.6 is 23.1 Å². The quantitative estimate of drug-likeness (QED) is 0.580. The number of benzene rings is 1. The largest absolute Gasteiger partial charge is 0.473 e. The zero-order valence-corrected chi connectivity index (χ0v) is 17.3. The molecule has 2 aromatic heterocycles. The normalized spacial score (nSPS) is 15.2. The van der Waals surface area contributed by atoms with Gasteiger partial charge in [0.05, 0.1) is 5.52 Å². The third-order valence-electron chi connectivity index (χ3n) is 4.95. The Labute approximate surface area is 170 Å². The molecule has 0 bridgehead atoms. The van der Waals surface area contributed by atoms with Crippen LogP contribution in [-0.2, 0) is 4.79 Å². The SMILES string of the molecule is CSc1ccc(-c2csc3c(OC4CCN(C(C)=O)CC4)ncnc23)c(F)c1. The van der Waals surface area contributed by atoms with Gasteiger partial charge in [0, 0.05) is 54.3 Å². The van der Waals surface area contributed by atoms with E-state index in [0.29, 0.717) is 30.0 Å². The average molecular weight is 418 g/mol. The highest BCUT2D eigenvalue weighted by Crippen LogP contribution is 2.38. The molecule has 3 aromatic rings. The summed E-state index contributed by atoms with van der Waals surface area (Å²) in [6.45, 7) is 2.97. The van der Waals surface area contributed by atoms with E-state index in [0.717, 1.165) is 28.0 Å². The second kappa shape index (κ2) is 8.05. The first-order chi connectivity index (χ1) is 13.6. The monoisotopic (exact) mass is 417 g/mol. The Balaban J connectivity index is 1.60. The number of likely N-dealkylation sites (tertiary alicyclic amines) is 1. The fourth-order valence-electron chi connectivity index (χ4n) is 3.39. The molecule has 8 heteroatoms. The Morgan fingerprint density at radius 2 is 2.07 bits per heavy atom. The number of thioether (sulfide) groups is 1. The van der Waals surface area contributed by atoms with Gasteiger partial charge < -0.3 is 9.64 Å². The smallest absolute Gasteiger partial charge is 0.235 e. The summed E-state index contributed by atoms with van der Waals surface area (Å²) in [5.41, 5.74) is 1.99. The average Bonchev–Trinajstić information content (AvgIpc) is 3.13. The molecule has 146 valence electrons. The molecular weight excluding hydrogens is 397 g/mol. The Hall–Kier alpha value is -2.19. The summed E-state index contributed by atoms with van der Waals surface area (Å²) >= 11 is 2.97. The molecule has 0 aliphatic carbocycles. The molecule has 0 saturated carbocycles. The Bertz CT molecular complexity index is 1020. The third-order valence-corrected chi connectivity index (χ3v) is 6.64. The molecule has 1 aromatic carbocycles. The van der Waals surface area contributed by atoms with E-state index in [4.69, 9.17) is 4.74 Å². The zero-order valence-electron chi connectivity index (χ0n) is 15.6. The number of ether oxygens (including phenoxy) is 1. The number of aromatic nitrogens is 2. The van der Waals surface area contributed by atoms with Crippen molar-refractivity contribution >= 4 is 39.2 Å². The number of thiophene rings is 1. The lowest BCUT2D eigenvalue weighted by Crippen LogP contribution is -2.40. The van der Waals surface area contributed by atoms with E-state index >= 15 is 0 Å². The van der Waals surface area contributed by atoms with Crippen molar-refractivity contribution in [1.82, 2.24) is 14.9 Å². The molecule has 1 aliphatic heterocycles. The van der Waals surface area contributed by atoms with Crippen LogP contribution in [0.3, 0.4) is 0 Å². The van der Waals surface area contributed by atoms with Gasteiger partial charge in [-0.15, -0.1) is 23.1 Å². The molecule has 0 radical (unpaired) electrons. The lowest BCUT2D eigenvalue weighted by atomic mass is 10.1. The van der Waals surface area contributed by atoms with Crippen LogP contribution in [0.15, 0.2) is 34.8 Å². The molecule has 0 spiro atoms. The van der Waals surface area contributed by atoms with Gasteiger partial charge in [-0.05, 0) is 18.4 Å². The topological polar surface area (TPSA) is 55.3 Å². The third kappa shape index (κ3) is 3.71. The van der Waals surface area contributed by atoms with Crippen molar-refractivity contribution in [1.29, 1.82) is 0 Å². The minimum atomic E-state index is -0.260. The molecule has 0 atom stereocenters. The molecule has 1 aliphatic rings. The first kappa shape index (κ1) is 19.1. The number of carbonyl (C=O) groups is 1. The van der Waals surface area contributed by atoms with Gasteiger partial charge in [0.2, 0.25) is 11.8 Å². The van der Waals surface area contributed by atoms with Crippen LogP contribution in [0.25, 0.3) is 21.3 Å². The highest BCUT2D eigenvalue weighted by atomic mass is 32.2.